The molecule has 19 heavy (non-hydrogen) atoms. The average molecular weight is 319 g/mol. The zero-order chi connectivity index (χ0) is 13.5. The van der Waals surface area contributed by atoms with Crippen LogP contribution >= 0.6 is 15.9 Å². The number of rotatable bonds is 6. The van der Waals surface area contributed by atoms with Gasteiger partial charge in [0.2, 0.25) is 0 Å². The Kier molecular flexibility index (Phi) is 5.55. The van der Waals surface area contributed by atoms with Gasteiger partial charge in [-0.25, -0.2) is 0 Å². The summed E-state index contributed by atoms with van der Waals surface area (Å²) in [5.41, 5.74) is 2.66. The third-order valence-electron chi connectivity index (χ3n) is 3.34. The number of likely N-dealkylation sites (N-methyl/N-ethyl adjacent to an activating group) is 1. The molecule has 2 aromatic rings. The lowest BCUT2D eigenvalue weighted by molar-refractivity contribution is 0.519. The van der Waals surface area contributed by atoms with Gasteiger partial charge in [-0.1, -0.05) is 40.2 Å². The van der Waals surface area contributed by atoms with Gasteiger partial charge in [0.25, 0.3) is 0 Å². The normalized spacial score (nSPS) is 12.3. The smallest absolute Gasteiger partial charge is 0.0299 e. The van der Waals surface area contributed by atoms with Crippen molar-refractivity contribution in [3.63, 3.8) is 0 Å². The van der Waals surface area contributed by atoms with E-state index in [1.807, 2.05) is 25.5 Å². The van der Waals surface area contributed by atoms with Crippen LogP contribution in [0.1, 0.15) is 17.5 Å². The van der Waals surface area contributed by atoms with E-state index >= 15 is 0 Å². The highest BCUT2D eigenvalue weighted by Crippen LogP contribution is 2.18. The highest BCUT2D eigenvalue weighted by Gasteiger charge is 2.09. The molecule has 1 heterocycles. The van der Waals surface area contributed by atoms with Crippen LogP contribution in [0.4, 0.5) is 0 Å². The van der Waals surface area contributed by atoms with E-state index in [4.69, 9.17) is 0 Å². The zero-order valence-electron chi connectivity index (χ0n) is 11.1. The molecule has 0 aliphatic heterocycles. The number of nitrogens with zero attached hydrogens (tertiary/aromatic N) is 1. The van der Waals surface area contributed by atoms with Crippen LogP contribution in [-0.2, 0) is 12.8 Å². The van der Waals surface area contributed by atoms with E-state index < -0.39 is 0 Å². The first-order valence-corrected chi connectivity index (χ1v) is 7.38. The molecule has 0 saturated carbocycles. The molecule has 0 bridgehead atoms. The number of aryl methyl sites for hydroxylation is 1. The van der Waals surface area contributed by atoms with E-state index in [1.54, 1.807) is 0 Å². The second-order valence-corrected chi connectivity index (χ2v) is 5.54. The second kappa shape index (κ2) is 7.41. The summed E-state index contributed by atoms with van der Waals surface area (Å²) >= 11 is 3.61. The summed E-state index contributed by atoms with van der Waals surface area (Å²) in [5, 5.41) is 3.41. The van der Waals surface area contributed by atoms with Gasteiger partial charge in [0.05, 0.1) is 0 Å². The Balaban J connectivity index is 1.92. The van der Waals surface area contributed by atoms with Crippen LogP contribution in [0.25, 0.3) is 0 Å². The number of benzene rings is 1. The number of halogens is 1. The number of nitrogens with one attached hydrogen (secondary N) is 1. The van der Waals surface area contributed by atoms with E-state index in [0.717, 1.165) is 19.3 Å². The summed E-state index contributed by atoms with van der Waals surface area (Å²) in [6, 6.07) is 13.0. The Morgan fingerprint density at radius 1 is 1.21 bits per heavy atom. The molecule has 2 nitrogen and oxygen atoms in total. The van der Waals surface area contributed by atoms with Gasteiger partial charge in [-0.15, -0.1) is 0 Å². The maximum Gasteiger partial charge on any atom is 0.0299 e. The van der Waals surface area contributed by atoms with E-state index in [0.29, 0.717) is 6.04 Å². The maximum absolute atomic E-state index is 4.16. The molecule has 3 heteroatoms. The summed E-state index contributed by atoms with van der Waals surface area (Å²) in [6.07, 6.45) is 6.98. The minimum atomic E-state index is 0.485. The Morgan fingerprint density at radius 2 is 2.05 bits per heavy atom. The van der Waals surface area contributed by atoms with Gasteiger partial charge in [-0.2, -0.15) is 0 Å². The lowest BCUT2D eigenvalue weighted by atomic mass is 10.00. The van der Waals surface area contributed by atoms with Gasteiger partial charge in [-0.05, 0) is 49.6 Å². The van der Waals surface area contributed by atoms with Gasteiger partial charge in [0.15, 0.2) is 0 Å². The summed E-state index contributed by atoms with van der Waals surface area (Å²) in [6.45, 7) is 0. The highest BCUT2D eigenvalue weighted by atomic mass is 79.9. The van der Waals surface area contributed by atoms with Crippen molar-refractivity contribution >= 4 is 15.9 Å². The molecule has 1 atom stereocenters. The SMILES string of the molecule is CNC(CCc1cccnc1)Cc1ccccc1Br. The summed E-state index contributed by atoms with van der Waals surface area (Å²) in [4.78, 5) is 4.16. The van der Waals surface area contributed by atoms with Crippen molar-refractivity contribution in [3.05, 3.63) is 64.4 Å². The molecule has 0 fully saturated rings. The molecule has 1 aromatic carbocycles. The van der Waals surface area contributed by atoms with Crippen molar-refractivity contribution in [2.45, 2.75) is 25.3 Å². The van der Waals surface area contributed by atoms with Crippen molar-refractivity contribution in [1.29, 1.82) is 0 Å². The van der Waals surface area contributed by atoms with E-state index in [1.165, 1.54) is 15.6 Å². The van der Waals surface area contributed by atoms with E-state index in [2.05, 4.69) is 56.6 Å². The monoisotopic (exact) mass is 318 g/mol. The molecule has 100 valence electrons. The van der Waals surface area contributed by atoms with Gasteiger partial charge < -0.3 is 5.32 Å². The number of pyridine rings is 1. The van der Waals surface area contributed by atoms with Crippen LogP contribution in [0.5, 0.6) is 0 Å². The number of aromatic nitrogens is 1. The molecule has 0 radical (unpaired) electrons. The van der Waals surface area contributed by atoms with Crippen molar-refractivity contribution in [2.24, 2.45) is 0 Å². The van der Waals surface area contributed by atoms with Crippen molar-refractivity contribution in [1.82, 2.24) is 10.3 Å². The minimum absolute atomic E-state index is 0.485. The van der Waals surface area contributed by atoms with Gasteiger partial charge in [0, 0.05) is 22.9 Å². The van der Waals surface area contributed by atoms with Crippen LogP contribution < -0.4 is 5.32 Å². The minimum Gasteiger partial charge on any atom is -0.317 e. The summed E-state index contributed by atoms with van der Waals surface area (Å²) in [7, 11) is 2.03. The first-order valence-electron chi connectivity index (χ1n) is 6.59. The topological polar surface area (TPSA) is 24.9 Å². The predicted molar refractivity (Wildman–Crippen MR) is 83.3 cm³/mol. The lowest BCUT2D eigenvalue weighted by Crippen LogP contribution is -2.28. The Hall–Kier alpha value is -1.19. The lowest BCUT2D eigenvalue weighted by Gasteiger charge is -2.17. The molecule has 0 saturated heterocycles. The third-order valence-corrected chi connectivity index (χ3v) is 4.11. The number of hydrogen-bond acceptors (Lipinski definition) is 2. The molecule has 1 N–H and O–H groups in total. The van der Waals surface area contributed by atoms with Gasteiger partial charge >= 0.3 is 0 Å². The van der Waals surface area contributed by atoms with Crippen molar-refractivity contribution in [3.8, 4) is 0 Å². The average Bonchev–Trinajstić information content (AvgIpc) is 2.46. The zero-order valence-corrected chi connectivity index (χ0v) is 12.7. The molecule has 0 spiro atoms. The maximum atomic E-state index is 4.16. The third kappa shape index (κ3) is 4.44. The fourth-order valence-corrected chi connectivity index (χ4v) is 2.61. The summed E-state index contributed by atoms with van der Waals surface area (Å²) < 4.78 is 1.19. The van der Waals surface area contributed by atoms with Gasteiger partial charge in [-0.3, -0.25) is 4.98 Å². The molecule has 1 unspecified atom stereocenters. The molecule has 1 aromatic heterocycles. The Bertz CT molecular complexity index is 499. The van der Waals surface area contributed by atoms with E-state index in [-0.39, 0.29) is 0 Å². The van der Waals surface area contributed by atoms with E-state index in [9.17, 15) is 0 Å². The van der Waals surface area contributed by atoms with Crippen LogP contribution in [-0.4, -0.2) is 18.1 Å². The fourth-order valence-electron chi connectivity index (χ4n) is 2.16. The van der Waals surface area contributed by atoms with Crippen molar-refractivity contribution in [2.75, 3.05) is 7.05 Å². The highest BCUT2D eigenvalue weighted by molar-refractivity contribution is 9.10. The molecule has 2 rings (SSSR count). The van der Waals surface area contributed by atoms with Crippen LogP contribution in [0.15, 0.2) is 53.3 Å². The van der Waals surface area contributed by atoms with Crippen LogP contribution in [0, 0.1) is 0 Å². The standard InChI is InChI=1S/C16H19BrN2/c1-18-15(9-8-13-5-4-10-19-12-13)11-14-6-2-3-7-16(14)17/h2-7,10,12,15,18H,8-9,11H2,1H3. The molecule has 0 aliphatic rings. The van der Waals surface area contributed by atoms with Crippen LogP contribution in [0.3, 0.4) is 0 Å². The Labute approximate surface area is 123 Å². The van der Waals surface area contributed by atoms with Crippen molar-refractivity contribution < 1.29 is 0 Å². The molecular weight excluding hydrogens is 300 g/mol. The number of hydrogen-bond donors (Lipinski definition) is 1. The molecule has 0 aliphatic carbocycles. The summed E-state index contributed by atoms with van der Waals surface area (Å²) in [5.74, 6) is 0. The fraction of sp³-hybridized carbons (Fsp3) is 0.312. The predicted octanol–water partition coefficient (Wildman–Crippen LogP) is 3.61. The Morgan fingerprint density at radius 3 is 2.74 bits per heavy atom. The second-order valence-electron chi connectivity index (χ2n) is 4.68. The van der Waals surface area contributed by atoms with Gasteiger partial charge in [0.1, 0.15) is 0 Å². The largest absolute Gasteiger partial charge is 0.317 e. The first-order chi connectivity index (χ1) is 9.29. The first kappa shape index (κ1) is 14.2. The molecular formula is C16H19BrN2. The molecule has 0 amide bonds. The quantitative estimate of drug-likeness (QED) is 0.880. The van der Waals surface area contributed by atoms with Crippen LogP contribution in [0.2, 0.25) is 0 Å².